The van der Waals surface area contributed by atoms with E-state index in [0.717, 1.165) is 51.5 Å². The number of benzene rings is 1. The quantitative estimate of drug-likeness (QED) is 0.886. The third-order valence-electron chi connectivity index (χ3n) is 5.20. The van der Waals surface area contributed by atoms with E-state index >= 15 is 0 Å². The summed E-state index contributed by atoms with van der Waals surface area (Å²) in [6.07, 6.45) is 1.24. The van der Waals surface area contributed by atoms with Gasteiger partial charge in [-0.1, -0.05) is 0 Å². The van der Waals surface area contributed by atoms with Crippen LogP contribution in [0.15, 0.2) is 29.1 Å². The van der Waals surface area contributed by atoms with Crippen LogP contribution in [0.25, 0.3) is 10.9 Å². The predicted molar refractivity (Wildman–Crippen MR) is 92.7 cm³/mol. The molecule has 6 heteroatoms. The summed E-state index contributed by atoms with van der Waals surface area (Å²) in [5, 5.41) is 3.84. The topological polar surface area (TPSA) is 51.4 Å². The summed E-state index contributed by atoms with van der Waals surface area (Å²) < 4.78 is 13.3. The molecule has 0 aliphatic carbocycles. The van der Waals surface area contributed by atoms with Crippen LogP contribution < -0.4 is 10.7 Å². The van der Waals surface area contributed by atoms with Gasteiger partial charge in [0.2, 0.25) is 0 Å². The van der Waals surface area contributed by atoms with Crippen molar-refractivity contribution in [2.75, 3.05) is 39.3 Å². The second-order valence-corrected chi connectivity index (χ2v) is 6.81. The molecule has 2 N–H and O–H groups in total. The molecular weight excluding hydrogens is 307 g/mol. The number of hydrogen-bond acceptors (Lipinski definition) is 4. The van der Waals surface area contributed by atoms with E-state index in [1.54, 1.807) is 12.1 Å². The second-order valence-electron chi connectivity index (χ2n) is 6.81. The Labute approximate surface area is 140 Å². The van der Waals surface area contributed by atoms with E-state index in [1.165, 1.54) is 18.6 Å². The second kappa shape index (κ2) is 6.63. The van der Waals surface area contributed by atoms with Crippen LogP contribution in [-0.2, 0) is 6.54 Å². The van der Waals surface area contributed by atoms with Crippen LogP contribution in [0.3, 0.4) is 0 Å². The highest BCUT2D eigenvalue weighted by Crippen LogP contribution is 2.15. The highest BCUT2D eigenvalue weighted by Gasteiger charge is 2.26. The van der Waals surface area contributed by atoms with Crippen molar-refractivity contribution < 1.29 is 4.39 Å². The van der Waals surface area contributed by atoms with E-state index in [9.17, 15) is 9.18 Å². The van der Waals surface area contributed by atoms with Crippen molar-refractivity contribution in [2.45, 2.75) is 19.0 Å². The number of hydrogen-bond donors (Lipinski definition) is 2. The predicted octanol–water partition coefficient (Wildman–Crippen LogP) is 1.15. The van der Waals surface area contributed by atoms with Gasteiger partial charge < -0.3 is 10.3 Å². The van der Waals surface area contributed by atoms with Gasteiger partial charge in [-0.05, 0) is 31.2 Å². The highest BCUT2D eigenvalue weighted by atomic mass is 19.1. The van der Waals surface area contributed by atoms with Crippen LogP contribution in [0.4, 0.5) is 4.39 Å². The lowest BCUT2D eigenvalue weighted by Gasteiger charge is -2.37. The van der Waals surface area contributed by atoms with Gasteiger partial charge in [-0.15, -0.1) is 0 Å². The number of halogens is 1. The fraction of sp³-hybridized carbons (Fsp3) is 0.500. The lowest BCUT2D eigenvalue weighted by molar-refractivity contribution is 0.0974. The van der Waals surface area contributed by atoms with Crippen LogP contribution in [0.2, 0.25) is 0 Å². The van der Waals surface area contributed by atoms with Crippen LogP contribution in [-0.4, -0.2) is 60.1 Å². The normalized spacial score (nSPS) is 23.1. The Morgan fingerprint density at radius 2 is 2.00 bits per heavy atom. The maximum atomic E-state index is 13.3. The van der Waals surface area contributed by atoms with Gasteiger partial charge in [0, 0.05) is 68.0 Å². The average molecular weight is 330 g/mol. The molecule has 5 nitrogen and oxygen atoms in total. The van der Waals surface area contributed by atoms with Gasteiger partial charge in [0.15, 0.2) is 5.43 Å². The zero-order valence-electron chi connectivity index (χ0n) is 13.7. The fourth-order valence-corrected chi connectivity index (χ4v) is 3.84. The molecule has 0 spiro atoms. The molecule has 2 saturated heterocycles. The van der Waals surface area contributed by atoms with E-state index in [2.05, 4.69) is 20.1 Å². The summed E-state index contributed by atoms with van der Waals surface area (Å²) in [4.78, 5) is 20.4. The Kier molecular flexibility index (Phi) is 4.35. The number of H-pyrrole nitrogens is 1. The Morgan fingerprint density at radius 1 is 1.17 bits per heavy atom. The van der Waals surface area contributed by atoms with Crippen LogP contribution in [0, 0.1) is 5.82 Å². The van der Waals surface area contributed by atoms with Crippen LogP contribution in [0.1, 0.15) is 12.1 Å². The molecule has 0 amide bonds. The molecule has 3 heterocycles. The van der Waals surface area contributed by atoms with Crippen LogP contribution in [0.5, 0.6) is 0 Å². The first kappa shape index (κ1) is 15.7. The lowest BCUT2D eigenvalue weighted by atomic mass is 10.1. The molecule has 2 aliphatic rings. The number of nitrogens with zero attached hydrogens (tertiary/aromatic N) is 2. The van der Waals surface area contributed by atoms with Crippen molar-refractivity contribution in [2.24, 2.45) is 0 Å². The maximum Gasteiger partial charge on any atom is 0.189 e. The zero-order chi connectivity index (χ0) is 16.5. The monoisotopic (exact) mass is 330 g/mol. The van der Waals surface area contributed by atoms with Crippen molar-refractivity contribution >= 4 is 10.9 Å². The summed E-state index contributed by atoms with van der Waals surface area (Å²) in [5.74, 6) is -0.377. The number of nitrogens with one attached hydrogen (secondary N) is 2. The van der Waals surface area contributed by atoms with Gasteiger partial charge in [0.25, 0.3) is 0 Å². The Balaban J connectivity index is 1.43. The first-order valence-corrected chi connectivity index (χ1v) is 8.67. The number of aromatic nitrogens is 1. The molecule has 1 atom stereocenters. The molecule has 4 rings (SSSR count). The first-order valence-electron chi connectivity index (χ1n) is 8.67. The number of piperazine rings is 1. The van der Waals surface area contributed by atoms with Gasteiger partial charge >= 0.3 is 0 Å². The summed E-state index contributed by atoms with van der Waals surface area (Å²) in [6.45, 7) is 7.16. The largest absolute Gasteiger partial charge is 0.357 e. The van der Waals surface area contributed by atoms with Gasteiger partial charge in [-0.25, -0.2) is 4.39 Å². The van der Waals surface area contributed by atoms with Crippen molar-refractivity contribution in [3.63, 3.8) is 0 Å². The molecule has 1 aromatic heterocycles. The van der Waals surface area contributed by atoms with Gasteiger partial charge in [0.1, 0.15) is 5.82 Å². The summed E-state index contributed by atoms with van der Waals surface area (Å²) >= 11 is 0. The maximum absolute atomic E-state index is 13.3. The van der Waals surface area contributed by atoms with Crippen molar-refractivity contribution in [1.82, 2.24) is 20.1 Å². The molecule has 1 aromatic carbocycles. The molecule has 0 radical (unpaired) electrons. The molecule has 0 saturated carbocycles. The lowest BCUT2D eigenvalue weighted by Crippen LogP contribution is -2.50. The smallest absolute Gasteiger partial charge is 0.189 e. The molecule has 2 aromatic rings. The zero-order valence-corrected chi connectivity index (χ0v) is 13.7. The van der Waals surface area contributed by atoms with E-state index in [-0.39, 0.29) is 11.2 Å². The number of pyridine rings is 1. The van der Waals surface area contributed by atoms with Gasteiger partial charge in [-0.3, -0.25) is 14.6 Å². The summed E-state index contributed by atoms with van der Waals surface area (Å²) in [5.41, 5.74) is 1.48. The minimum atomic E-state index is -0.377. The molecule has 2 aliphatic heterocycles. The standard InChI is InChI=1S/C18H23FN4O/c19-13-1-2-17-16(9-13)18(24)10-14(21-17)12-22-5-7-23(8-6-22)15-3-4-20-11-15/h1-2,9-10,15,20H,3-8,11-12H2,(H,21,24)/t15-/m1/s1. The number of aromatic amines is 1. The Hall–Kier alpha value is -1.76. The van der Waals surface area contributed by atoms with Crippen molar-refractivity contribution in [3.8, 4) is 0 Å². The fourth-order valence-electron chi connectivity index (χ4n) is 3.84. The minimum Gasteiger partial charge on any atom is -0.357 e. The van der Waals surface area contributed by atoms with Gasteiger partial charge in [0.05, 0.1) is 0 Å². The molecule has 128 valence electrons. The summed E-state index contributed by atoms with van der Waals surface area (Å²) in [6, 6.07) is 6.61. The molecule has 0 bridgehead atoms. The Morgan fingerprint density at radius 3 is 2.75 bits per heavy atom. The third-order valence-corrected chi connectivity index (χ3v) is 5.20. The molecule has 24 heavy (non-hydrogen) atoms. The highest BCUT2D eigenvalue weighted by molar-refractivity contribution is 5.78. The minimum absolute atomic E-state index is 0.117. The third kappa shape index (κ3) is 3.22. The van der Waals surface area contributed by atoms with E-state index < -0.39 is 0 Å². The van der Waals surface area contributed by atoms with Crippen molar-refractivity contribution in [3.05, 3.63) is 46.0 Å². The van der Waals surface area contributed by atoms with Crippen LogP contribution >= 0.6 is 0 Å². The summed E-state index contributed by atoms with van der Waals surface area (Å²) in [7, 11) is 0. The van der Waals surface area contributed by atoms with Crippen molar-refractivity contribution in [1.29, 1.82) is 0 Å². The van der Waals surface area contributed by atoms with E-state index in [1.807, 2.05) is 0 Å². The first-order chi connectivity index (χ1) is 11.7. The SMILES string of the molecule is O=c1cc(CN2CCN([C@@H]3CCNC3)CC2)[nH]c2ccc(F)cc12. The van der Waals surface area contributed by atoms with E-state index in [0.29, 0.717) is 16.9 Å². The van der Waals surface area contributed by atoms with Gasteiger partial charge in [-0.2, -0.15) is 0 Å². The molecular formula is C18H23FN4O. The molecule has 0 unspecified atom stereocenters. The average Bonchev–Trinajstić information content (AvgIpc) is 3.11. The Bertz CT molecular complexity index is 776. The number of rotatable bonds is 3. The number of fused-ring (bicyclic) bond motifs is 1. The van der Waals surface area contributed by atoms with E-state index in [4.69, 9.17) is 0 Å². The molecule has 2 fully saturated rings.